The van der Waals surface area contributed by atoms with Gasteiger partial charge in [-0.25, -0.2) is 0 Å². The van der Waals surface area contributed by atoms with E-state index >= 15 is 0 Å². The van der Waals surface area contributed by atoms with Crippen molar-refractivity contribution in [2.75, 3.05) is 46.2 Å². The third-order valence-corrected chi connectivity index (χ3v) is 5.21. The Morgan fingerprint density at radius 1 is 1.11 bits per heavy atom. The van der Waals surface area contributed by atoms with E-state index in [2.05, 4.69) is 4.98 Å². The maximum atomic E-state index is 5.69. The number of rotatable bonds is 13. The quantitative estimate of drug-likeness (QED) is 0.310. The van der Waals surface area contributed by atoms with Crippen LogP contribution in [0.4, 0.5) is 0 Å². The van der Waals surface area contributed by atoms with Gasteiger partial charge < -0.3 is 22.8 Å². The van der Waals surface area contributed by atoms with Crippen LogP contribution >= 0.6 is 0 Å². The van der Waals surface area contributed by atoms with Crippen molar-refractivity contribution in [3.05, 3.63) is 0 Å². The van der Waals surface area contributed by atoms with Crippen LogP contribution in [0.15, 0.2) is 0 Å². The summed E-state index contributed by atoms with van der Waals surface area (Å²) in [5, 5.41) is 0. The third kappa shape index (κ3) is 7.36. The predicted molar refractivity (Wildman–Crippen MR) is 73.8 cm³/mol. The van der Waals surface area contributed by atoms with Gasteiger partial charge in [0.15, 0.2) is 0 Å². The van der Waals surface area contributed by atoms with Crippen LogP contribution in [-0.4, -0.2) is 61.3 Å². The van der Waals surface area contributed by atoms with Crippen LogP contribution in [0.25, 0.3) is 0 Å². The number of hydrogen-bond donors (Lipinski definition) is 1. The Hall–Kier alpha value is -0.0231. The lowest BCUT2D eigenvalue weighted by molar-refractivity contribution is 0.0581. The molecule has 114 valence electrons. The summed E-state index contributed by atoms with van der Waals surface area (Å²) >= 11 is 0. The molecular weight excluding hydrogens is 266 g/mol. The van der Waals surface area contributed by atoms with Crippen LogP contribution in [0.3, 0.4) is 0 Å². The third-order valence-electron chi connectivity index (χ3n) is 2.52. The lowest BCUT2D eigenvalue weighted by Crippen LogP contribution is -2.59. The summed E-state index contributed by atoms with van der Waals surface area (Å²) in [5.74, 6) is 0. The predicted octanol–water partition coefficient (Wildman–Crippen LogP) is 0.927. The summed E-state index contributed by atoms with van der Waals surface area (Å²) in [6.45, 7) is 10.6. The first kappa shape index (κ1) is 17.0. The van der Waals surface area contributed by atoms with E-state index in [0.717, 1.165) is 19.6 Å². The molecule has 0 aromatic carbocycles. The molecule has 1 rings (SSSR count). The molecule has 19 heavy (non-hydrogen) atoms. The molecule has 0 amide bonds. The second kappa shape index (κ2) is 9.81. The standard InChI is InChI=1S/C12H27NO5Si/c1-4-16-19(17-5-2,18-6-3)13-8-7-9-14-10-12-11-15-12/h12-13H,4-11H2,1-3H3. The van der Waals surface area contributed by atoms with Gasteiger partial charge in [0.25, 0.3) is 0 Å². The molecule has 1 N–H and O–H groups in total. The van der Waals surface area contributed by atoms with E-state index in [1.54, 1.807) is 0 Å². The van der Waals surface area contributed by atoms with Crippen LogP contribution in [0.2, 0.25) is 0 Å². The molecule has 0 radical (unpaired) electrons. The highest BCUT2D eigenvalue weighted by Crippen LogP contribution is 2.09. The summed E-state index contributed by atoms with van der Waals surface area (Å²) in [6.07, 6.45) is 1.23. The number of nitrogens with one attached hydrogen (secondary N) is 1. The highest BCUT2D eigenvalue weighted by molar-refractivity contribution is 6.57. The number of hydrogen-bond acceptors (Lipinski definition) is 6. The highest BCUT2D eigenvalue weighted by Gasteiger charge is 2.41. The van der Waals surface area contributed by atoms with Crippen molar-refractivity contribution in [1.29, 1.82) is 0 Å². The van der Waals surface area contributed by atoms with Crippen molar-refractivity contribution in [3.8, 4) is 0 Å². The second-order valence-electron chi connectivity index (χ2n) is 4.17. The zero-order chi connectivity index (χ0) is 14.0. The summed E-state index contributed by atoms with van der Waals surface area (Å²) in [5.41, 5.74) is 0. The Balaban J connectivity index is 2.17. The Bertz CT molecular complexity index is 211. The first-order valence-corrected chi connectivity index (χ1v) is 8.85. The zero-order valence-corrected chi connectivity index (χ0v) is 13.3. The minimum Gasteiger partial charge on any atom is -0.379 e. The van der Waals surface area contributed by atoms with E-state index in [4.69, 9.17) is 22.8 Å². The summed E-state index contributed by atoms with van der Waals surface area (Å²) < 4.78 is 27.6. The first-order chi connectivity index (χ1) is 9.26. The average molecular weight is 293 g/mol. The first-order valence-electron chi connectivity index (χ1n) is 7.12. The highest BCUT2D eigenvalue weighted by atomic mass is 28.4. The minimum absolute atomic E-state index is 0.330. The molecule has 1 aliphatic heterocycles. The van der Waals surface area contributed by atoms with Crippen LogP contribution in [0.1, 0.15) is 27.2 Å². The number of epoxide rings is 1. The monoisotopic (exact) mass is 293 g/mol. The second-order valence-corrected chi connectivity index (χ2v) is 6.50. The van der Waals surface area contributed by atoms with Crippen molar-refractivity contribution >= 4 is 8.97 Å². The van der Waals surface area contributed by atoms with E-state index in [-0.39, 0.29) is 0 Å². The molecule has 0 bridgehead atoms. The summed E-state index contributed by atoms with van der Waals surface area (Å²) in [7, 11) is -2.70. The fourth-order valence-electron chi connectivity index (χ4n) is 1.64. The topological polar surface area (TPSA) is 61.5 Å². The molecule has 1 aliphatic rings. The Morgan fingerprint density at radius 2 is 1.68 bits per heavy atom. The van der Waals surface area contributed by atoms with Crippen molar-refractivity contribution in [2.24, 2.45) is 0 Å². The van der Waals surface area contributed by atoms with E-state index in [1.807, 2.05) is 20.8 Å². The smallest absolute Gasteiger partial charge is 0.379 e. The van der Waals surface area contributed by atoms with Crippen LogP contribution in [0, 0.1) is 0 Å². The zero-order valence-electron chi connectivity index (χ0n) is 12.3. The van der Waals surface area contributed by atoms with E-state index in [1.165, 1.54) is 0 Å². The fourth-order valence-corrected chi connectivity index (χ4v) is 3.82. The molecule has 7 heteroatoms. The SMILES string of the molecule is CCO[Si](NCCCOCC1CO1)(OCC)OCC. The molecule has 1 unspecified atom stereocenters. The Morgan fingerprint density at radius 3 is 2.16 bits per heavy atom. The molecule has 0 spiro atoms. The molecule has 1 heterocycles. The van der Waals surface area contributed by atoms with Crippen LogP contribution in [0.5, 0.6) is 0 Å². The maximum absolute atomic E-state index is 5.69. The van der Waals surface area contributed by atoms with E-state index in [9.17, 15) is 0 Å². The van der Waals surface area contributed by atoms with Gasteiger partial charge in [-0.1, -0.05) is 0 Å². The molecule has 1 fully saturated rings. The van der Waals surface area contributed by atoms with Gasteiger partial charge in [0, 0.05) is 26.4 Å². The van der Waals surface area contributed by atoms with Crippen LogP contribution in [-0.2, 0) is 22.8 Å². The van der Waals surface area contributed by atoms with E-state index < -0.39 is 8.97 Å². The van der Waals surface area contributed by atoms with Crippen molar-refractivity contribution in [2.45, 2.75) is 33.3 Å². The molecule has 0 aliphatic carbocycles. The molecule has 1 saturated heterocycles. The summed E-state index contributed by atoms with van der Waals surface area (Å²) in [6, 6.07) is 0. The van der Waals surface area contributed by atoms with Gasteiger partial charge in [-0.2, -0.15) is 0 Å². The van der Waals surface area contributed by atoms with Crippen molar-refractivity contribution in [3.63, 3.8) is 0 Å². The lowest BCUT2D eigenvalue weighted by atomic mass is 10.4. The molecule has 0 saturated carbocycles. The molecule has 0 aromatic heterocycles. The van der Waals surface area contributed by atoms with Crippen molar-refractivity contribution < 1.29 is 22.8 Å². The molecule has 1 atom stereocenters. The Labute approximate surface area is 117 Å². The van der Waals surface area contributed by atoms with Gasteiger partial charge in [-0.3, -0.25) is 4.98 Å². The lowest BCUT2D eigenvalue weighted by Gasteiger charge is -2.28. The minimum atomic E-state index is -2.70. The normalized spacial score (nSPS) is 18.8. The fraction of sp³-hybridized carbons (Fsp3) is 1.00. The van der Waals surface area contributed by atoms with Crippen molar-refractivity contribution in [1.82, 2.24) is 4.98 Å². The maximum Gasteiger partial charge on any atom is 0.596 e. The molecule has 0 aromatic rings. The van der Waals surface area contributed by atoms with Gasteiger partial charge in [-0.05, 0) is 33.7 Å². The number of ether oxygens (including phenoxy) is 2. The van der Waals surface area contributed by atoms with Crippen LogP contribution < -0.4 is 4.98 Å². The van der Waals surface area contributed by atoms with Gasteiger partial charge >= 0.3 is 8.97 Å². The van der Waals surface area contributed by atoms with Gasteiger partial charge in [0.1, 0.15) is 6.10 Å². The van der Waals surface area contributed by atoms with E-state index in [0.29, 0.717) is 39.1 Å². The van der Waals surface area contributed by atoms with Gasteiger partial charge in [-0.15, -0.1) is 0 Å². The largest absolute Gasteiger partial charge is 0.596 e. The average Bonchev–Trinajstić information content (AvgIpc) is 3.19. The molecular formula is C12H27NO5Si. The molecule has 6 nitrogen and oxygen atoms in total. The summed E-state index contributed by atoms with van der Waals surface area (Å²) in [4.78, 5) is 3.30. The van der Waals surface area contributed by atoms with Gasteiger partial charge in [0.05, 0.1) is 13.2 Å². The Kier molecular flexibility index (Phi) is 8.80. The van der Waals surface area contributed by atoms with Gasteiger partial charge in [0.2, 0.25) is 0 Å².